The lowest BCUT2D eigenvalue weighted by Crippen LogP contribution is -2.53. The lowest BCUT2D eigenvalue weighted by atomic mass is 9.53. The minimum absolute atomic E-state index is 0.0479. The summed E-state index contributed by atoms with van der Waals surface area (Å²) in [6.07, 6.45) is 1.70. The van der Waals surface area contributed by atoms with Gasteiger partial charge in [0.2, 0.25) is 0 Å². The Kier molecular flexibility index (Phi) is 10.0. The van der Waals surface area contributed by atoms with Crippen molar-refractivity contribution < 1.29 is 28.9 Å². The van der Waals surface area contributed by atoms with Crippen molar-refractivity contribution in [3.05, 3.63) is 149 Å². The van der Waals surface area contributed by atoms with E-state index in [4.69, 9.17) is 37.4 Å². The van der Waals surface area contributed by atoms with Gasteiger partial charge in [0.05, 0.1) is 67.0 Å². The highest BCUT2D eigenvalue weighted by Crippen LogP contribution is 2.62. The molecule has 6 aromatic rings. The third-order valence-corrected chi connectivity index (χ3v) is 12.9. The summed E-state index contributed by atoms with van der Waals surface area (Å²) in [5.74, 6) is -1.96. The van der Waals surface area contributed by atoms with Gasteiger partial charge in [-0.05, 0) is 65.6 Å². The summed E-state index contributed by atoms with van der Waals surface area (Å²) in [5, 5.41) is 12.4. The minimum Gasteiger partial charge on any atom is -0.508 e. The molecule has 18 heteroatoms. The van der Waals surface area contributed by atoms with Crippen LogP contribution in [0.15, 0.2) is 105 Å². The number of phenolic OH excluding ortho intramolecular Hbond substituents is 1. The number of halogens is 2. The van der Waals surface area contributed by atoms with Crippen molar-refractivity contribution in [2.75, 3.05) is 26.8 Å². The molecular weight excluding hydrogens is 841 g/mol. The molecule has 1 aliphatic carbocycles. The van der Waals surface area contributed by atoms with E-state index >= 15 is 4.79 Å². The maximum atomic E-state index is 15.4. The molecule has 4 aromatic carbocycles. The molecule has 2 fully saturated rings. The lowest BCUT2D eigenvalue weighted by molar-refractivity contribution is -0.138. The van der Waals surface area contributed by atoms with Crippen LogP contribution in [-0.2, 0) is 41.6 Å². The van der Waals surface area contributed by atoms with E-state index in [1.165, 1.54) is 47.4 Å². The molecule has 2 aromatic heterocycles. The molecule has 2 N–H and O–H groups in total. The highest BCUT2D eigenvalue weighted by molar-refractivity contribution is 6.36. The molecule has 0 unspecified atom stereocenters. The van der Waals surface area contributed by atoms with E-state index in [1.807, 2.05) is 6.08 Å². The second-order valence-electron chi connectivity index (χ2n) is 15.4. The highest BCUT2D eigenvalue weighted by atomic mass is 35.5. The molecule has 16 nitrogen and oxygen atoms in total. The number of ether oxygens (including phenoxy) is 3. The summed E-state index contributed by atoms with van der Waals surface area (Å²) < 4.78 is 21.5. The van der Waals surface area contributed by atoms with Crippen molar-refractivity contribution in [1.29, 1.82) is 0 Å². The molecule has 62 heavy (non-hydrogen) atoms. The number of aromatic hydroxyl groups is 1. The maximum absolute atomic E-state index is 15.4. The number of anilines is 1. The van der Waals surface area contributed by atoms with Gasteiger partial charge in [0, 0.05) is 43.1 Å². The second-order valence-corrected chi connectivity index (χ2v) is 16.2. The number of fused-ring (bicyclic) bond motifs is 5. The Morgan fingerprint density at radius 1 is 0.887 bits per heavy atom. The van der Waals surface area contributed by atoms with Crippen LogP contribution < -0.4 is 36.6 Å². The van der Waals surface area contributed by atoms with Gasteiger partial charge < -0.3 is 23.9 Å². The number of hydrogen-bond acceptors (Lipinski definition) is 11. The number of allylic oxidation sites excluding steroid dienone is 2. The van der Waals surface area contributed by atoms with Gasteiger partial charge in [-0.3, -0.25) is 19.8 Å². The average molecular weight is 881 g/mol. The van der Waals surface area contributed by atoms with Gasteiger partial charge >= 0.3 is 11.4 Å². The van der Waals surface area contributed by atoms with Crippen LogP contribution in [0.2, 0.25) is 10.0 Å². The molecule has 9 rings (SSSR count). The molecule has 2 aliphatic heterocycles. The summed E-state index contributed by atoms with van der Waals surface area (Å²) >= 11 is 12.7. The molecule has 1 saturated heterocycles. The average Bonchev–Trinajstić information content (AvgIpc) is 3.64. The Hall–Kier alpha value is -6.78. The number of carbonyl (C=O) groups is 2. The summed E-state index contributed by atoms with van der Waals surface area (Å²) in [6, 6.07) is 20.4. The summed E-state index contributed by atoms with van der Waals surface area (Å²) in [4.78, 5) is 77.4. The molecule has 0 bridgehead atoms. The number of rotatable bonds is 10. The summed E-state index contributed by atoms with van der Waals surface area (Å²) in [6.45, 7) is -0.229. The molecule has 0 spiro atoms. The fourth-order valence-electron chi connectivity index (χ4n) is 9.51. The quantitative estimate of drug-likeness (QED) is 0.140. The van der Waals surface area contributed by atoms with Crippen LogP contribution in [0.25, 0.3) is 11.0 Å². The lowest BCUT2D eigenvalue weighted by Gasteiger charge is -2.49. The predicted molar refractivity (Wildman–Crippen MR) is 229 cm³/mol. The van der Waals surface area contributed by atoms with E-state index in [0.29, 0.717) is 50.0 Å². The van der Waals surface area contributed by atoms with Gasteiger partial charge in [-0.25, -0.2) is 28.5 Å². The van der Waals surface area contributed by atoms with Crippen molar-refractivity contribution in [1.82, 2.24) is 28.5 Å². The number of amides is 2. The number of nitrogens with one attached hydrogen (secondary N) is 1. The zero-order valence-electron chi connectivity index (χ0n) is 33.8. The standard InChI is InChI=1S/C44H39Cl2N7O9/c1-49-35-22-37(62-4)36(61-3)21-33(35)47-32(40(49)56)15-16-50-42(58)51-17-14-28-34(53(51)43(50)59)20-29-39(55)52(48-31-13-10-25(45)19-30(31)46)41(57)44(29,24-8-11-27(60-2)12-9-24)38(28)23-6-5-7-26(54)18-23/h5-14,18-19,21-22,29,34,38,48,54H,15-17,20H2,1-4H3/t29-,34+,38-,44+/m0/s1. The largest absolute Gasteiger partial charge is 0.508 e. The number of phenols is 1. The van der Waals surface area contributed by atoms with Gasteiger partial charge in [-0.15, -0.1) is 0 Å². The number of methoxy groups -OCH3 is 3. The number of imide groups is 1. The summed E-state index contributed by atoms with van der Waals surface area (Å²) in [7, 11) is 6.10. The van der Waals surface area contributed by atoms with E-state index in [9.17, 15) is 24.3 Å². The van der Waals surface area contributed by atoms with Crippen molar-refractivity contribution in [2.24, 2.45) is 13.0 Å². The van der Waals surface area contributed by atoms with Gasteiger partial charge in [0.1, 0.15) is 17.2 Å². The number of benzene rings is 4. The number of aryl methyl sites for hydroxylation is 2. The number of hydrazine groups is 1. The third-order valence-electron chi connectivity index (χ3n) is 12.3. The molecule has 4 atom stereocenters. The molecule has 0 radical (unpaired) electrons. The first kappa shape index (κ1) is 40.6. The smallest absolute Gasteiger partial charge is 0.347 e. The van der Waals surface area contributed by atoms with Crippen molar-refractivity contribution in [2.45, 2.75) is 43.3 Å². The van der Waals surface area contributed by atoms with Crippen LogP contribution in [-0.4, -0.2) is 66.7 Å². The van der Waals surface area contributed by atoms with E-state index in [1.54, 1.807) is 73.8 Å². The van der Waals surface area contributed by atoms with E-state index in [2.05, 4.69) is 10.4 Å². The van der Waals surface area contributed by atoms with Crippen LogP contribution in [0.3, 0.4) is 0 Å². The number of nitrogens with zero attached hydrogens (tertiary/aromatic N) is 6. The SMILES string of the molecule is COc1ccc([C@@]23C(=O)N(Nc4ccc(Cl)cc4Cl)C(=O)[C@@H]2C[C@@H]2C(=CCn4c(=O)n(CCc5nc6cc(OC)c(OC)cc6n(C)c5=O)c(=O)n42)[C@@H]3c2cccc(O)c2)cc1. The molecule has 2 amide bonds. The van der Waals surface area contributed by atoms with Gasteiger partial charge in [0.15, 0.2) is 11.5 Å². The zero-order chi connectivity index (χ0) is 43.8. The van der Waals surface area contributed by atoms with Crippen LogP contribution in [0, 0.1) is 5.92 Å². The molecule has 4 heterocycles. The predicted octanol–water partition coefficient (Wildman–Crippen LogP) is 4.96. The highest BCUT2D eigenvalue weighted by Gasteiger charge is 2.69. The van der Waals surface area contributed by atoms with Crippen molar-refractivity contribution in [3.63, 3.8) is 0 Å². The van der Waals surface area contributed by atoms with Crippen LogP contribution in [0.1, 0.15) is 35.2 Å². The molecular formula is C44H39Cl2N7O9. The Labute approximate surface area is 362 Å². The Balaban J connectivity index is 1.17. The topological polar surface area (TPSA) is 181 Å². The molecule has 1 saturated carbocycles. The fraction of sp³-hybridized carbons (Fsp3) is 0.273. The van der Waals surface area contributed by atoms with Crippen LogP contribution in [0.5, 0.6) is 23.0 Å². The first-order valence-corrected chi connectivity index (χ1v) is 20.3. The van der Waals surface area contributed by atoms with Gasteiger partial charge in [-0.2, -0.15) is 5.01 Å². The fourth-order valence-corrected chi connectivity index (χ4v) is 9.96. The Bertz CT molecular complexity index is 3060. The van der Waals surface area contributed by atoms with E-state index in [-0.39, 0.29) is 48.1 Å². The molecule has 318 valence electrons. The first-order chi connectivity index (χ1) is 29.8. The zero-order valence-corrected chi connectivity index (χ0v) is 35.3. The Morgan fingerprint density at radius 3 is 2.32 bits per heavy atom. The third kappa shape index (κ3) is 6.10. The summed E-state index contributed by atoms with van der Waals surface area (Å²) in [5.41, 5.74) is 2.56. The maximum Gasteiger partial charge on any atom is 0.347 e. The molecule has 3 aliphatic rings. The second kappa shape index (κ2) is 15.3. The number of carbonyl (C=O) groups excluding carboxylic acids is 2. The Morgan fingerprint density at radius 2 is 1.63 bits per heavy atom. The van der Waals surface area contributed by atoms with E-state index < -0.39 is 52.0 Å². The minimum atomic E-state index is -1.63. The van der Waals surface area contributed by atoms with Crippen molar-refractivity contribution >= 4 is 51.7 Å². The monoisotopic (exact) mass is 879 g/mol. The van der Waals surface area contributed by atoms with Crippen molar-refractivity contribution in [3.8, 4) is 23.0 Å². The van der Waals surface area contributed by atoms with Gasteiger partial charge in [-0.1, -0.05) is 53.5 Å². The van der Waals surface area contributed by atoms with Gasteiger partial charge in [0.25, 0.3) is 17.4 Å². The first-order valence-electron chi connectivity index (χ1n) is 19.6. The van der Waals surface area contributed by atoms with Crippen LogP contribution in [0.4, 0.5) is 5.69 Å². The number of aromatic nitrogens is 5. The number of hydrogen-bond donors (Lipinski definition) is 2. The van der Waals surface area contributed by atoms with E-state index in [0.717, 1.165) is 9.58 Å². The normalized spacial score (nSPS) is 20.4. The van der Waals surface area contributed by atoms with Crippen LogP contribution >= 0.6 is 23.2 Å².